The molecule has 1 saturated heterocycles. The average Bonchev–Trinajstić information content (AvgIpc) is 3.37. The Morgan fingerprint density at radius 3 is 2.41 bits per heavy atom. The molecule has 3 aromatic carbocycles. The van der Waals surface area contributed by atoms with Crippen LogP contribution in [0.4, 0.5) is 0 Å². The molecule has 0 aromatic heterocycles. The molecule has 0 radical (unpaired) electrons. The molecule has 1 spiro atoms. The highest BCUT2D eigenvalue weighted by molar-refractivity contribution is 7.88. The second kappa shape index (κ2) is 11.7. The number of rotatable bonds is 10. The predicted molar refractivity (Wildman–Crippen MR) is 176 cm³/mol. The van der Waals surface area contributed by atoms with Crippen LogP contribution in [0.2, 0.25) is 0 Å². The van der Waals surface area contributed by atoms with Crippen molar-refractivity contribution >= 4 is 16.0 Å². The Balaban J connectivity index is 1.34. The molecule has 2 aliphatic heterocycles. The molecule has 2 bridgehead atoms. The van der Waals surface area contributed by atoms with E-state index in [-0.39, 0.29) is 29.4 Å². The van der Waals surface area contributed by atoms with Crippen LogP contribution < -0.4 is 4.74 Å². The quantitative estimate of drug-likeness (QED) is 0.303. The molecule has 2 heterocycles. The lowest BCUT2D eigenvalue weighted by atomic mass is 9.48. The zero-order valence-corrected chi connectivity index (χ0v) is 27.7. The summed E-state index contributed by atoms with van der Waals surface area (Å²) in [7, 11) is -3.77. The van der Waals surface area contributed by atoms with Crippen molar-refractivity contribution in [2.75, 3.05) is 19.6 Å². The molecule has 0 amide bonds. The topological polar surface area (TPSA) is 96.4 Å². The summed E-state index contributed by atoms with van der Waals surface area (Å²) < 4.78 is 43.8. The van der Waals surface area contributed by atoms with Gasteiger partial charge in [-0.15, -0.1) is 0 Å². The Morgan fingerprint density at radius 2 is 1.74 bits per heavy atom. The van der Waals surface area contributed by atoms with E-state index in [0.717, 1.165) is 36.2 Å². The number of sulfonamides is 1. The molecule has 46 heavy (non-hydrogen) atoms. The van der Waals surface area contributed by atoms with Gasteiger partial charge in [0.1, 0.15) is 11.7 Å². The lowest BCUT2D eigenvalue weighted by Crippen LogP contribution is -2.79. The van der Waals surface area contributed by atoms with Crippen molar-refractivity contribution in [2.45, 2.75) is 87.8 Å². The largest absolute Gasteiger partial charge is 0.504 e. The summed E-state index contributed by atoms with van der Waals surface area (Å²) in [5.41, 5.74) is 2.26. The minimum atomic E-state index is -3.77. The third kappa shape index (κ3) is 4.93. The highest BCUT2D eigenvalue weighted by Gasteiger charge is 2.76. The van der Waals surface area contributed by atoms with Crippen LogP contribution in [0.5, 0.6) is 11.5 Å². The number of hydrogen-bond acceptors (Lipinski definition) is 7. The van der Waals surface area contributed by atoms with E-state index in [2.05, 4.69) is 29.2 Å². The van der Waals surface area contributed by atoms with Gasteiger partial charge in [0.25, 0.3) is 0 Å². The summed E-state index contributed by atoms with van der Waals surface area (Å²) in [6.45, 7) is 7.45. The number of likely N-dealkylation sites (tertiary alicyclic amines) is 1. The second-order valence-corrected chi connectivity index (χ2v) is 15.9. The zero-order chi connectivity index (χ0) is 32.3. The number of carbonyl (C=O) groups is 1. The minimum Gasteiger partial charge on any atom is -0.504 e. The standard InChI is InChI=1S/C37H44N2O6S/c1-25(2)23-39(46(42,43)24-28-12-8-5-9-13-28)30-16-18-37(45-26(3)40)32-22-29-14-15-31(41)34-33(29)36(37,35(30)44-34)19-21-38(32)20-17-27-10-6-4-7-11-27/h4-15,25,30,32,35,41H,16-24H2,1-3H3/t30-,32+,35-,36-,37+/m0/s1. The van der Waals surface area contributed by atoms with Crippen molar-refractivity contribution in [3.63, 3.8) is 0 Å². The third-order valence-electron chi connectivity index (χ3n) is 10.8. The van der Waals surface area contributed by atoms with E-state index in [1.54, 1.807) is 10.4 Å². The molecule has 5 atom stereocenters. The highest BCUT2D eigenvalue weighted by Crippen LogP contribution is 2.67. The Labute approximate surface area is 272 Å². The summed E-state index contributed by atoms with van der Waals surface area (Å²) in [6, 6.07) is 22.8. The Kier molecular flexibility index (Phi) is 7.93. The molecular weight excluding hydrogens is 600 g/mol. The van der Waals surface area contributed by atoms with E-state index in [9.17, 15) is 18.3 Å². The first-order valence-electron chi connectivity index (χ1n) is 16.6. The van der Waals surface area contributed by atoms with Crippen molar-refractivity contribution in [3.8, 4) is 11.5 Å². The van der Waals surface area contributed by atoms with E-state index in [0.29, 0.717) is 38.0 Å². The van der Waals surface area contributed by atoms with Crippen molar-refractivity contribution < 1.29 is 27.8 Å². The molecule has 8 nitrogen and oxygen atoms in total. The van der Waals surface area contributed by atoms with Crippen molar-refractivity contribution in [3.05, 3.63) is 95.1 Å². The maximum absolute atomic E-state index is 14.4. The smallest absolute Gasteiger partial charge is 0.303 e. The Bertz CT molecular complexity index is 1710. The van der Waals surface area contributed by atoms with Crippen LogP contribution in [0.3, 0.4) is 0 Å². The van der Waals surface area contributed by atoms with Crippen LogP contribution in [0, 0.1) is 5.92 Å². The first-order chi connectivity index (χ1) is 22.1. The number of nitrogens with zero attached hydrogens (tertiary/aromatic N) is 2. The summed E-state index contributed by atoms with van der Waals surface area (Å²) >= 11 is 0. The van der Waals surface area contributed by atoms with Crippen molar-refractivity contribution in [1.82, 2.24) is 9.21 Å². The van der Waals surface area contributed by atoms with Crippen LogP contribution in [0.1, 0.15) is 62.3 Å². The lowest BCUT2D eigenvalue weighted by molar-refractivity contribution is -0.221. The van der Waals surface area contributed by atoms with E-state index in [1.165, 1.54) is 12.5 Å². The number of benzene rings is 3. The fourth-order valence-corrected chi connectivity index (χ4v) is 11.1. The minimum absolute atomic E-state index is 0.0468. The summed E-state index contributed by atoms with van der Waals surface area (Å²) in [6.07, 6.45) is 2.53. The first-order valence-corrected chi connectivity index (χ1v) is 18.2. The fraction of sp³-hybridized carbons (Fsp3) is 0.486. The predicted octanol–water partition coefficient (Wildman–Crippen LogP) is 5.22. The van der Waals surface area contributed by atoms with Gasteiger partial charge >= 0.3 is 5.97 Å². The number of phenols is 1. The average molecular weight is 645 g/mol. The van der Waals surface area contributed by atoms with Crippen molar-refractivity contribution in [2.24, 2.45) is 5.92 Å². The van der Waals surface area contributed by atoms with Crippen LogP contribution >= 0.6 is 0 Å². The number of ether oxygens (including phenoxy) is 2. The number of hydrogen-bond donors (Lipinski definition) is 1. The third-order valence-corrected chi connectivity index (χ3v) is 12.7. The summed E-state index contributed by atoms with van der Waals surface area (Å²) in [5, 5.41) is 11.2. The van der Waals surface area contributed by atoms with Gasteiger partial charge in [-0.2, -0.15) is 4.31 Å². The van der Waals surface area contributed by atoms with Crippen LogP contribution in [0.15, 0.2) is 72.8 Å². The molecule has 1 saturated carbocycles. The molecule has 3 aromatic rings. The summed E-state index contributed by atoms with van der Waals surface area (Å²) in [4.78, 5) is 15.5. The number of carbonyl (C=O) groups excluding carboxylic acids is 1. The van der Waals surface area contributed by atoms with Gasteiger partial charge in [-0.1, -0.05) is 80.6 Å². The maximum Gasteiger partial charge on any atom is 0.303 e. The SMILES string of the molecule is CC(=O)O[C@@]12CC[C@H](N(CC(C)C)S(=O)(=O)Cc3ccccc3)[C@@H]3Oc4c(O)ccc5c4[C@@]31CCN(CCc1ccccc1)[C@@H]2C5. The normalized spacial score (nSPS) is 28.2. The summed E-state index contributed by atoms with van der Waals surface area (Å²) in [5.74, 6) is 0.0947. The zero-order valence-electron chi connectivity index (χ0n) is 26.9. The Hall–Kier alpha value is -3.40. The number of piperidine rings is 1. The number of esters is 1. The molecule has 2 aliphatic carbocycles. The van der Waals surface area contributed by atoms with Gasteiger partial charge in [0, 0.05) is 25.6 Å². The fourth-order valence-electron chi connectivity index (χ4n) is 9.20. The van der Waals surface area contributed by atoms with Crippen molar-refractivity contribution in [1.29, 1.82) is 0 Å². The van der Waals surface area contributed by atoms with Gasteiger partial charge in [-0.05, 0) is 67.3 Å². The van der Waals surface area contributed by atoms with E-state index in [4.69, 9.17) is 9.47 Å². The lowest BCUT2D eigenvalue weighted by Gasteiger charge is -2.65. The maximum atomic E-state index is 14.4. The van der Waals surface area contributed by atoms with Gasteiger partial charge < -0.3 is 14.6 Å². The van der Waals surface area contributed by atoms with Crippen LogP contribution in [-0.4, -0.2) is 72.1 Å². The van der Waals surface area contributed by atoms with Gasteiger partial charge in [0.15, 0.2) is 11.5 Å². The highest BCUT2D eigenvalue weighted by atomic mass is 32.2. The number of aromatic hydroxyl groups is 1. The molecule has 0 unspecified atom stereocenters. The molecule has 1 N–H and O–H groups in total. The molecule has 7 rings (SSSR count). The van der Waals surface area contributed by atoms with Gasteiger partial charge in [-0.25, -0.2) is 8.42 Å². The monoisotopic (exact) mass is 644 g/mol. The molecular formula is C37H44N2O6S. The van der Waals surface area contributed by atoms with E-state index in [1.807, 2.05) is 56.3 Å². The molecule has 9 heteroatoms. The van der Waals surface area contributed by atoms with E-state index < -0.39 is 33.2 Å². The molecule has 2 fully saturated rings. The van der Waals surface area contributed by atoms with E-state index >= 15 is 0 Å². The van der Waals surface area contributed by atoms with Gasteiger partial charge in [-0.3, -0.25) is 9.69 Å². The first kappa shape index (κ1) is 31.2. The van der Waals surface area contributed by atoms with Crippen LogP contribution in [0.25, 0.3) is 0 Å². The molecule has 244 valence electrons. The second-order valence-electron chi connectivity index (χ2n) is 14.0. The van der Waals surface area contributed by atoms with Crippen LogP contribution in [-0.2, 0) is 43.6 Å². The van der Waals surface area contributed by atoms with Gasteiger partial charge in [0.2, 0.25) is 10.0 Å². The van der Waals surface area contributed by atoms with Gasteiger partial charge in [0.05, 0.1) is 23.3 Å². The Morgan fingerprint density at radius 1 is 1.04 bits per heavy atom. The number of phenolic OH excluding ortho intramolecular Hbond substituents is 1. The molecule has 4 aliphatic rings.